The van der Waals surface area contributed by atoms with Crippen LogP contribution in [0.15, 0.2) is 18.2 Å². The van der Waals surface area contributed by atoms with Gasteiger partial charge in [-0.1, -0.05) is 6.07 Å². The number of hydrogen-bond donors (Lipinski definition) is 3. The fourth-order valence-corrected chi connectivity index (χ4v) is 2.50. The first-order valence-corrected chi connectivity index (χ1v) is 7.01. The highest BCUT2D eigenvalue weighted by Gasteiger charge is 2.25. The van der Waals surface area contributed by atoms with Crippen molar-refractivity contribution >= 4 is 18.3 Å². The second kappa shape index (κ2) is 8.82. The molecule has 2 rings (SSSR count). The zero-order valence-corrected chi connectivity index (χ0v) is 13.6. The Balaban J connectivity index is 0.00000242. The molecule has 0 radical (unpaired) electrons. The lowest BCUT2D eigenvalue weighted by Crippen LogP contribution is -2.35. The van der Waals surface area contributed by atoms with Gasteiger partial charge in [0.1, 0.15) is 11.5 Å². The van der Waals surface area contributed by atoms with Crippen molar-refractivity contribution in [3.63, 3.8) is 0 Å². The van der Waals surface area contributed by atoms with E-state index in [0.29, 0.717) is 24.6 Å². The van der Waals surface area contributed by atoms with Crippen LogP contribution in [0.2, 0.25) is 0 Å². The number of aliphatic hydroxyl groups is 1. The maximum Gasteiger partial charge on any atom is 0.224 e. The largest absolute Gasteiger partial charge is 0.496 e. The van der Waals surface area contributed by atoms with Crippen molar-refractivity contribution in [1.82, 2.24) is 10.6 Å². The minimum atomic E-state index is -0.397. The maximum atomic E-state index is 12.1. The van der Waals surface area contributed by atoms with Crippen molar-refractivity contribution < 1.29 is 19.4 Å². The molecule has 124 valence electrons. The van der Waals surface area contributed by atoms with Crippen molar-refractivity contribution in [3.05, 3.63) is 23.8 Å². The zero-order chi connectivity index (χ0) is 15.2. The van der Waals surface area contributed by atoms with Crippen LogP contribution in [-0.2, 0) is 11.2 Å². The lowest BCUT2D eigenvalue weighted by molar-refractivity contribution is -0.120. The Hall–Kier alpha value is -1.50. The highest BCUT2D eigenvalue weighted by atomic mass is 35.5. The Morgan fingerprint density at radius 1 is 1.32 bits per heavy atom. The summed E-state index contributed by atoms with van der Waals surface area (Å²) >= 11 is 0. The van der Waals surface area contributed by atoms with Gasteiger partial charge in [0.05, 0.1) is 26.7 Å². The minimum Gasteiger partial charge on any atom is -0.496 e. The minimum absolute atomic E-state index is 0. The standard InChI is InChI=1S/C15H22N2O4.ClH/c1-20-13-4-3-5-14(21-2)11(13)6-15(19)17-8-10-7-16-9-12(10)18;/h3-5,10,12,16,18H,6-9H2,1-2H3,(H,17,19);1H. The van der Waals surface area contributed by atoms with Gasteiger partial charge in [0.25, 0.3) is 0 Å². The van der Waals surface area contributed by atoms with Crippen LogP contribution >= 0.6 is 12.4 Å². The van der Waals surface area contributed by atoms with Crippen LogP contribution in [-0.4, -0.2) is 51.0 Å². The van der Waals surface area contributed by atoms with Crippen molar-refractivity contribution in [3.8, 4) is 11.5 Å². The number of benzene rings is 1. The van der Waals surface area contributed by atoms with Gasteiger partial charge in [-0.15, -0.1) is 12.4 Å². The van der Waals surface area contributed by atoms with Crippen molar-refractivity contribution in [2.24, 2.45) is 5.92 Å². The van der Waals surface area contributed by atoms with Crippen LogP contribution < -0.4 is 20.1 Å². The molecular formula is C15H23ClN2O4. The topological polar surface area (TPSA) is 79.8 Å². The summed E-state index contributed by atoms with van der Waals surface area (Å²) in [5.41, 5.74) is 0.727. The fourth-order valence-electron chi connectivity index (χ4n) is 2.50. The molecule has 0 bridgehead atoms. The molecule has 7 heteroatoms. The number of methoxy groups -OCH3 is 2. The molecule has 0 saturated carbocycles. The smallest absolute Gasteiger partial charge is 0.224 e. The fraction of sp³-hybridized carbons (Fsp3) is 0.533. The number of halogens is 1. The second-order valence-corrected chi connectivity index (χ2v) is 5.11. The Morgan fingerprint density at radius 2 is 1.95 bits per heavy atom. The van der Waals surface area contributed by atoms with Crippen LogP contribution in [0.3, 0.4) is 0 Å². The summed E-state index contributed by atoms with van der Waals surface area (Å²) < 4.78 is 10.5. The predicted molar refractivity (Wildman–Crippen MR) is 85.9 cm³/mol. The number of rotatable bonds is 6. The highest BCUT2D eigenvalue weighted by molar-refractivity contribution is 5.85. The number of ether oxygens (including phenoxy) is 2. The van der Waals surface area contributed by atoms with E-state index in [1.807, 2.05) is 6.07 Å². The molecular weight excluding hydrogens is 308 g/mol. The van der Waals surface area contributed by atoms with E-state index in [0.717, 1.165) is 12.1 Å². The molecule has 2 unspecified atom stereocenters. The molecule has 1 aliphatic heterocycles. The summed E-state index contributed by atoms with van der Waals surface area (Å²) in [7, 11) is 3.13. The van der Waals surface area contributed by atoms with E-state index in [4.69, 9.17) is 9.47 Å². The quantitative estimate of drug-likeness (QED) is 0.702. The van der Waals surface area contributed by atoms with E-state index < -0.39 is 6.10 Å². The molecule has 1 aromatic rings. The van der Waals surface area contributed by atoms with E-state index in [2.05, 4.69) is 10.6 Å². The zero-order valence-electron chi connectivity index (χ0n) is 12.8. The van der Waals surface area contributed by atoms with Gasteiger partial charge in [0, 0.05) is 31.1 Å². The Bertz CT molecular complexity index is 476. The summed E-state index contributed by atoms with van der Waals surface area (Å²) in [4.78, 5) is 12.1. The van der Waals surface area contributed by atoms with Crippen LogP contribution in [0, 0.1) is 5.92 Å². The van der Waals surface area contributed by atoms with Gasteiger partial charge >= 0.3 is 0 Å². The summed E-state index contributed by atoms with van der Waals surface area (Å²) in [5.74, 6) is 1.21. The summed E-state index contributed by atoms with van der Waals surface area (Å²) in [6.45, 7) is 1.77. The molecule has 0 aromatic heterocycles. The molecule has 1 amide bonds. The average molecular weight is 331 g/mol. The summed E-state index contributed by atoms with van der Waals surface area (Å²) in [5, 5.41) is 15.6. The van der Waals surface area contributed by atoms with Crippen molar-refractivity contribution in [2.45, 2.75) is 12.5 Å². The SMILES string of the molecule is COc1cccc(OC)c1CC(=O)NCC1CNCC1O.Cl. The van der Waals surface area contributed by atoms with E-state index in [-0.39, 0.29) is 30.7 Å². The number of β-amino-alcohol motifs (C(OH)–C–C–N with tert-alkyl or cyclic N) is 1. The van der Waals surface area contributed by atoms with Gasteiger partial charge in [0.2, 0.25) is 5.91 Å². The van der Waals surface area contributed by atoms with Crippen LogP contribution in [0.1, 0.15) is 5.56 Å². The molecule has 1 heterocycles. The van der Waals surface area contributed by atoms with Gasteiger partial charge in [0.15, 0.2) is 0 Å². The third-order valence-corrected chi connectivity index (χ3v) is 3.73. The molecule has 1 aliphatic rings. The predicted octanol–water partition coefficient (Wildman–Crippen LogP) is 0.365. The molecule has 6 nitrogen and oxygen atoms in total. The van der Waals surface area contributed by atoms with Gasteiger partial charge in [-0.25, -0.2) is 0 Å². The van der Waals surface area contributed by atoms with Crippen molar-refractivity contribution in [1.29, 1.82) is 0 Å². The second-order valence-electron chi connectivity index (χ2n) is 5.11. The third-order valence-electron chi connectivity index (χ3n) is 3.73. The summed E-state index contributed by atoms with van der Waals surface area (Å²) in [6, 6.07) is 5.42. The Labute approximate surface area is 136 Å². The molecule has 0 aliphatic carbocycles. The number of carbonyl (C=O) groups is 1. The van der Waals surface area contributed by atoms with E-state index >= 15 is 0 Å². The van der Waals surface area contributed by atoms with Crippen LogP contribution in [0.5, 0.6) is 11.5 Å². The monoisotopic (exact) mass is 330 g/mol. The molecule has 1 saturated heterocycles. The lowest BCUT2D eigenvalue weighted by Gasteiger charge is -2.16. The van der Waals surface area contributed by atoms with E-state index in [1.54, 1.807) is 26.4 Å². The lowest BCUT2D eigenvalue weighted by atomic mass is 10.1. The van der Waals surface area contributed by atoms with E-state index in [1.165, 1.54) is 0 Å². The molecule has 1 aromatic carbocycles. The Kier molecular flexibility index (Phi) is 7.44. The molecule has 0 spiro atoms. The molecule has 1 fully saturated rings. The average Bonchev–Trinajstić information content (AvgIpc) is 2.90. The first kappa shape index (κ1) is 18.5. The van der Waals surface area contributed by atoms with Crippen LogP contribution in [0.25, 0.3) is 0 Å². The number of aliphatic hydroxyl groups excluding tert-OH is 1. The summed E-state index contributed by atoms with van der Waals surface area (Å²) in [6.07, 6.45) is -0.213. The Morgan fingerprint density at radius 3 is 2.45 bits per heavy atom. The van der Waals surface area contributed by atoms with Gasteiger partial charge < -0.3 is 25.2 Å². The first-order chi connectivity index (χ1) is 10.2. The molecule has 3 N–H and O–H groups in total. The number of carbonyl (C=O) groups excluding carboxylic acids is 1. The van der Waals surface area contributed by atoms with Gasteiger partial charge in [-0.05, 0) is 12.1 Å². The third kappa shape index (κ3) is 4.50. The number of nitrogens with one attached hydrogen (secondary N) is 2. The van der Waals surface area contributed by atoms with E-state index in [9.17, 15) is 9.90 Å². The molecule has 2 atom stereocenters. The van der Waals surface area contributed by atoms with Crippen molar-refractivity contribution in [2.75, 3.05) is 33.9 Å². The normalized spacial score (nSPS) is 20.1. The molecule has 22 heavy (non-hydrogen) atoms. The van der Waals surface area contributed by atoms with Gasteiger partial charge in [-0.3, -0.25) is 4.79 Å². The maximum absolute atomic E-state index is 12.1. The number of amides is 1. The van der Waals surface area contributed by atoms with Crippen LogP contribution in [0.4, 0.5) is 0 Å². The first-order valence-electron chi connectivity index (χ1n) is 7.01. The highest BCUT2D eigenvalue weighted by Crippen LogP contribution is 2.28. The number of hydrogen-bond acceptors (Lipinski definition) is 5. The van der Waals surface area contributed by atoms with Gasteiger partial charge in [-0.2, -0.15) is 0 Å².